The molecule has 0 radical (unpaired) electrons. The van der Waals surface area contributed by atoms with E-state index in [9.17, 15) is 9.59 Å². The van der Waals surface area contributed by atoms with Gasteiger partial charge >= 0.3 is 0 Å². The van der Waals surface area contributed by atoms with Gasteiger partial charge in [-0.1, -0.05) is 13.8 Å². The molecule has 76 valence electrons. The lowest BCUT2D eigenvalue weighted by atomic mass is 9.77. The van der Waals surface area contributed by atoms with Gasteiger partial charge in [-0.25, -0.2) is 19.6 Å². The highest BCUT2D eigenvalue weighted by molar-refractivity contribution is 5.35. The molecule has 1 aliphatic carbocycles. The lowest BCUT2D eigenvalue weighted by Crippen LogP contribution is -2.35. The summed E-state index contributed by atoms with van der Waals surface area (Å²) in [7, 11) is 0. The Morgan fingerprint density at radius 2 is 1.43 bits per heavy atom. The molecular formula is C10H14N2O2. The van der Waals surface area contributed by atoms with E-state index < -0.39 is 0 Å². The minimum atomic E-state index is -0.0432. The summed E-state index contributed by atoms with van der Waals surface area (Å²) in [5.41, 5.74) is 0. The van der Waals surface area contributed by atoms with Crippen molar-refractivity contribution in [3.63, 3.8) is 0 Å². The molecule has 0 spiro atoms. The zero-order chi connectivity index (χ0) is 10.6. The van der Waals surface area contributed by atoms with Crippen LogP contribution >= 0.6 is 0 Å². The van der Waals surface area contributed by atoms with Gasteiger partial charge in [0.05, 0.1) is 12.1 Å². The second kappa shape index (κ2) is 4.85. The van der Waals surface area contributed by atoms with Crippen LogP contribution in [-0.4, -0.2) is 24.2 Å². The number of hydrogen-bond acceptors (Lipinski definition) is 4. The van der Waals surface area contributed by atoms with Gasteiger partial charge in [-0.3, -0.25) is 0 Å². The smallest absolute Gasteiger partial charge is 0.211 e. The van der Waals surface area contributed by atoms with Gasteiger partial charge in [0.2, 0.25) is 12.2 Å². The van der Waals surface area contributed by atoms with Crippen molar-refractivity contribution in [1.82, 2.24) is 0 Å². The zero-order valence-corrected chi connectivity index (χ0v) is 8.43. The van der Waals surface area contributed by atoms with Crippen LogP contribution in [0.5, 0.6) is 0 Å². The van der Waals surface area contributed by atoms with Crippen LogP contribution in [0.25, 0.3) is 0 Å². The quantitative estimate of drug-likeness (QED) is 0.493. The molecule has 0 aliphatic heterocycles. The molecule has 0 saturated heterocycles. The number of nitrogens with zero attached hydrogens (tertiary/aromatic N) is 2. The molecule has 4 heteroatoms. The Morgan fingerprint density at radius 3 is 1.79 bits per heavy atom. The van der Waals surface area contributed by atoms with Crippen molar-refractivity contribution in [1.29, 1.82) is 0 Å². The van der Waals surface area contributed by atoms with E-state index in [0.29, 0.717) is 5.92 Å². The summed E-state index contributed by atoms with van der Waals surface area (Å²) in [6.45, 7) is 4.04. The van der Waals surface area contributed by atoms with Crippen LogP contribution in [-0.2, 0) is 9.59 Å². The van der Waals surface area contributed by atoms with Crippen LogP contribution < -0.4 is 0 Å². The van der Waals surface area contributed by atoms with E-state index in [1.165, 1.54) is 0 Å². The molecule has 1 rings (SSSR count). The Kier molecular flexibility index (Phi) is 3.75. The van der Waals surface area contributed by atoms with Crippen molar-refractivity contribution in [3.05, 3.63) is 0 Å². The molecule has 1 fully saturated rings. The van der Waals surface area contributed by atoms with E-state index in [4.69, 9.17) is 0 Å². The maximum atomic E-state index is 10.2. The van der Waals surface area contributed by atoms with Crippen LogP contribution in [0.4, 0.5) is 0 Å². The Bertz CT molecular complexity index is 262. The average Bonchev–Trinajstić information content (AvgIpc) is 2.14. The molecule has 4 nitrogen and oxygen atoms in total. The molecule has 0 heterocycles. The predicted octanol–water partition coefficient (Wildman–Crippen LogP) is 1.46. The average molecular weight is 194 g/mol. The van der Waals surface area contributed by atoms with Crippen molar-refractivity contribution >= 4 is 12.2 Å². The number of hydrogen-bond donors (Lipinski definition) is 0. The number of aliphatic imine (C=N–C) groups is 2. The third kappa shape index (κ3) is 2.38. The zero-order valence-electron chi connectivity index (χ0n) is 8.43. The lowest BCUT2D eigenvalue weighted by molar-refractivity contribution is 0.232. The molecule has 1 saturated carbocycles. The largest absolute Gasteiger partial charge is 0.235 e. The van der Waals surface area contributed by atoms with Gasteiger partial charge in [-0.05, 0) is 18.8 Å². The van der Waals surface area contributed by atoms with Gasteiger partial charge in [0.1, 0.15) is 0 Å². The van der Waals surface area contributed by atoms with E-state index in [1.54, 1.807) is 12.2 Å². The summed E-state index contributed by atoms with van der Waals surface area (Å²) in [4.78, 5) is 27.9. The van der Waals surface area contributed by atoms with Crippen LogP contribution in [0.1, 0.15) is 26.7 Å². The number of rotatable bonds is 2. The molecule has 0 N–H and O–H groups in total. The van der Waals surface area contributed by atoms with E-state index in [0.717, 1.165) is 12.8 Å². The van der Waals surface area contributed by atoms with Gasteiger partial charge in [0.25, 0.3) is 0 Å². The summed E-state index contributed by atoms with van der Waals surface area (Å²) in [5.74, 6) is 0.574. The Morgan fingerprint density at radius 1 is 1.00 bits per heavy atom. The van der Waals surface area contributed by atoms with E-state index >= 15 is 0 Å². The Balaban J connectivity index is 2.79. The fourth-order valence-electron chi connectivity index (χ4n) is 2.08. The maximum Gasteiger partial charge on any atom is 0.235 e. The summed E-state index contributed by atoms with van der Waals surface area (Å²) in [6, 6.07) is -0.0864. The molecule has 2 unspecified atom stereocenters. The third-order valence-corrected chi connectivity index (χ3v) is 2.94. The molecule has 1 aliphatic rings. The van der Waals surface area contributed by atoms with Gasteiger partial charge in [0, 0.05) is 5.92 Å². The first kappa shape index (κ1) is 10.8. The predicted molar refractivity (Wildman–Crippen MR) is 51.4 cm³/mol. The Hall–Kier alpha value is -1.24. The minimum Gasteiger partial charge on any atom is -0.211 e. The van der Waals surface area contributed by atoms with Crippen molar-refractivity contribution in [2.24, 2.45) is 21.8 Å². The second-order valence-corrected chi connectivity index (χ2v) is 4.01. The summed E-state index contributed by atoms with van der Waals surface area (Å²) in [6.07, 6.45) is 4.92. The fraction of sp³-hybridized carbons (Fsp3) is 0.800. The highest BCUT2D eigenvalue weighted by Crippen LogP contribution is 2.32. The molecular weight excluding hydrogens is 180 g/mol. The maximum absolute atomic E-state index is 10.2. The Labute approximate surface area is 83.1 Å². The second-order valence-electron chi connectivity index (χ2n) is 4.01. The standard InChI is InChI=1S/C10H14N2O2/c1-7-3-9(11-5-13)8(2)10(4-7)12-6-14/h7-10H,3-4H2,1-2H3. The van der Waals surface area contributed by atoms with Crippen LogP contribution in [0.2, 0.25) is 0 Å². The summed E-state index contributed by atoms with van der Waals surface area (Å²) in [5, 5.41) is 0. The van der Waals surface area contributed by atoms with Gasteiger partial charge in [-0.2, -0.15) is 0 Å². The molecule has 0 aromatic heterocycles. The first-order valence-corrected chi connectivity index (χ1v) is 4.83. The van der Waals surface area contributed by atoms with Crippen LogP contribution in [0.3, 0.4) is 0 Å². The minimum absolute atomic E-state index is 0.0432. The number of carbonyl (C=O) groups excluding carboxylic acids is 2. The van der Waals surface area contributed by atoms with E-state index in [-0.39, 0.29) is 18.0 Å². The SMILES string of the molecule is CC1CC(N=C=O)C(C)C(N=C=O)C1. The highest BCUT2D eigenvalue weighted by Gasteiger charge is 2.33. The van der Waals surface area contributed by atoms with Crippen molar-refractivity contribution < 1.29 is 9.59 Å². The number of isocyanates is 2. The first-order chi connectivity index (χ1) is 6.69. The summed E-state index contributed by atoms with van der Waals surface area (Å²) < 4.78 is 0. The molecule has 0 amide bonds. The van der Waals surface area contributed by atoms with Crippen molar-refractivity contribution in [3.8, 4) is 0 Å². The molecule has 2 atom stereocenters. The normalized spacial score (nSPS) is 36.7. The van der Waals surface area contributed by atoms with Crippen molar-refractivity contribution in [2.45, 2.75) is 38.8 Å². The fourth-order valence-corrected chi connectivity index (χ4v) is 2.08. The van der Waals surface area contributed by atoms with Crippen LogP contribution in [0, 0.1) is 11.8 Å². The monoisotopic (exact) mass is 194 g/mol. The molecule has 0 aromatic rings. The van der Waals surface area contributed by atoms with Crippen molar-refractivity contribution in [2.75, 3.05) is 0 Å². The van der Waals surface area contributed by atoms with E-state index in [1.807, 2.05) is 6.92 Å². The van der Waals surface area contributed by atoms with Gasteiger partial charge in [-0.15, -0.1) is 0 Å². The van der Waals surface area contributed by atoms with E-state index in [2.05, 4.69) is 16.9 Å². The third-order valence-electron chi connectivity index (χ3n) is 2.94. The summed E-state index contributed by atoms with van der Waals surface area (Å²) >= 11 is 0. The van der Waals surface area contributed by atoms with Gasteiger partial charge in [0.15, 0.2) is 0 Å². The molecule has 0 aromatic carbocycles. The highest BCUT2D eigenvalue weighted by atomic mass is 16.1. The molecule has 0 bridgehead atoms. The first-order valence-electron chi connectivity index (χ1n) is 4.83. The van der Waals surface area contributed by atoms with Crippen LogP contribution in [0.15, 0.2) is 9.98 Å². The molecule has 14 heavy (non-hydrogen) atoms. The lowest BCUT2D eigenvalue weighted by Gasteiger charge is -2.33. The topological polar surface area (TPSA) is 58.9 Å². The van der Waals surface area contributed by atoms with Gasteiger partial charge < -0.3 is 0 Å².